The van der Waals surface area contributed by atoms with Crippen molar-refractivity contribution in [3.05, 3.63) is 35.9 Å². The van der Waals surface area contributed by atoms with E-state index in [1.807, 2.05) is 28.0 Å². The molecule has 0 aromatic heterocycles. The van der Waals surface area contributed by atoms with Gasteiger partial charge in [-0.1, -0.05) is 50.6 Å². The molecule has 1 aromatic carbocycles. The fraction of sp³-hybridized carbons (Fsp3) is 0.680. The highest BCUT2D eigenvalue weighted by Crippen LogP contribution is 2.27. The molecule has 1 atom stereocenters. The number of hydrogen-bond donors (Lipinski definition) is 0. The maximum absolute atomic E-state index is 13.3. The number of carbonyl (C=O) groups is 2. The molecule has 2 aliphatic heterocycles. The van der Waals surface area contributed by atoms with Crippen LogP contribution in [0.15, 0.2) is 30.3 Å². The van der Waals surface area contributed by atoms with Crippen LogP contribution in [0.2, 0.25) is 0 Å². The zero-order chi connectivity index (χ0) is 21.8. The normalized spacial score (nSPS) is 22.4. The summed E-state index contributed by atoms with van der Waals surface area (Å²) >= 11 is 0. The van der Waals surface area contributed by atoms with E-state index in [9.17, 15) is 9.59 Å². The van der Waals surface area contributed by atoms with Crippen molar-refractivity contribution < 1.29 is 9.59 Å². The lowest BCUT2D eigenvalue weighted by Gasteiger charge is -2.43. The van der Waals surface area contributed by atoms with E-state index in [0.29, 0.717) is 19.6 Å². The van der Waals surface area contributed by atoms with Gasteiger partial charge in [0.2, 0.25) is 11.8 Å². The van der Waals surface area contributed by atoms with Crippen LogP contribution in [0.4, 0.5) is 0 Å². The first-order valence-corrected chi connectivity index (χ1v) is 12.1. The van der Waals surface area contributed by atoms with Crippen LogP contribution in [0.25, 0.3) is 0 Å². The minimum Gasteiger partial charge on any atom is -0.340 e. The van der Waals surface area contributed by atoms with Gasteiger partial charge in [-0.15, -0.1) is 0 Å². The van der Waals surface area contributed by atoms with Gasteiger partial charge in [0.25, 0.3) is 0 Å². The van der Waals surface area contributed by atoms with Crippen molar-refractivity contribution in [1.82, 2.24) is 19.6 Å². The zero-order valence-electron chi connectivity index (χ0n) is 19.2. The summed E-state index contributed by atoms with van der Waals surface area (Å²) in [5.41, 5.74) is 1.10. The molecule has 2 saturated heterocycles. The van der Waals surface area contributed by atoms with Crippen LogP contribution in [0, 0.1) is 5.92 Å². The molecular weight excluding hydrogens is 388 g/mol. The van der Waals surface area contributed by atoms with Crippen LogP contribution in [0.1, 0.15) is 44.6 Å². The van der Waals surface area contributed by atoms with E-state index in [0.717, 1.165) is 50.9 Å². The molecule has 3 aliphatic rings. The maximum Gasteiger partial charge on any atom is 0.236 e. The summed E-state index contributed by atoms with van der Waals surface area (Å²) < 4.78 is 0. The Labute approximate surface area is 187 Å². The predicted octanol–water partition coefficient (Wildman–Crippen LogP) is 2.27. The SMILES string of the molecule is CC(C)C(C(=O)N1CCN(CC(=O)N2CCN(C3CCC3)CC2)CC1)c1ccccc1. The largest absolute Gasteiger partial charge is 0.340 e. The summed E-state index contributed by atoms with van der Waals surface area (Å²) in [5.74, 6) is 0.631. The highest BCUT2D eigenvalue weighted by Gasteiger charge is 2.32. The molecule has 6 heteroatoms. The van der Waals surface area contributed by atoms with Gasteiger partial charge < -0.3 is 9.80 Å². The van der Waals surface area contributed by atoms with E-state index in [1.54, 1.807) is 0 Å². The Morgan fingerprint density at radius 2 is 1.48 bits per heavy atom. The first kappa shape index (κ1) is 22.3. The minimum atomic E-state index is -0.0960. The Bertz CT molecular complexity index is 733. The molecule has 170 valence electrons. The van der Waals surface area contributed by atoms with E-state index < -0.39 is 0 Å². The molecule has 0 radical (unpaired) electrons. The molecule has 2 amide bonds. The van der Waals surface area contributed by atoms with Crippen LogP contribution >= 0.6 is 0 Å². The highest BCUT2D eigenvalue weighted by molar-refractivity contribution is 5.84. The number of benzene rings is 1. The Balaban J connectivity index is 1.24. The molecule has 1 aromatic rings. The van der Waals surface area contributed by atoms with Gasteiger partial charge in [0.1, 0.15) is 0 Å². The lowest BCUT2D eigenvalue weighted by atomic mass is 9.87. The van der Waals surface area contributed by atoms with Crippen LogP contribution in [0.3, 0.4) is 0 Å². The van der Waals surface area contributed by atoms with Gasteiger partial charge in [0.05, 0.1) is 12.5 Å². The third-order valence-electron chi connectivity index (χ3n) is 7.39. The second-order valence-electron chi connectivity index (χ2n) is 9.74. The Kier molecular flexibility index (Phi) is 7.28. The van der Waals surface area contributed by atoms with Crippen LogP contribution in [-0.4, -0.2) is 96.4 Å². The maximum atomic E-state index is 13.3. The number of nitrogens with zero attached hydrogens (tertiary/aromatic N) is 4. The topological polar surface area (TPSA) is 47.1 Å². The summed E-state index contributed by atoms with van der Waals surface area (Å²) in [6, 6.07) is 10.9. The van der Waals surface area contributed by atoms with Crippen molar-refractivity contribution in [2.45, 2.75) is 45.1 Å². The molecule has 2 heterocycles. The van der Waals surface area contributed by atoms with E-state index in [4.69, 9.17) is 0 Å². The van der Waals surface area contributed by atoms with E-state index in [1.165, 1.54) is 19.3 Å². The van der Waals surface area contributed by atoms with Gasteiger partial charge in [0.15, 0.2) is 0 Å². The number of carbonyl (C=O) groups excluding carboxylic acids is 2. The average molecular weight is 427 g/mol. The second kappa shape index (κ2) is 10.1. The van der Waals surface area contributed by atoms with E-state index >= 15 is 0 Å². The smallest absolute Gasteiger partial charge is 0.236 e. The lowest BCUT2D eigenvalue weighted by molar-refractivity contribution is -0.137. The fourth-order valence-corrected chi connectivity index (χ4v) is 5.18. The Morgan fingerprint density at radius 1 is 0.871 bits per heavy atom. The number of piperazine rings is 2. The third kappa shape index (κ3) is 5.29. The Hall–Kier alpha value is -1.92. The van der Waals surface area contributed by atoms with E-state index in [2.05, 4.69) is 35.8 Å². The molecule has 4 rings (SSSR count). The van der Waals surface area contributed by atoms with Crippen molar-refractivity contribution in [1.29, 1.82) is 0 Å². The minimum absolute atomic E-state index is 0.0960. The zero-order valence-corrected chi connectivity index (χ0v) is 19.2. The molecule has 1 unspecified atom stereocenters. The summed E-state index contributed by atoms with van der Waals surface area (Å²) in [6.07, 6.45) is 4.03. The number of amides is 2. The van der Waals surface area contributed by atoms with Crippen LogP contribution < -0.4 is 0 Å². The third-order valence-corrected chi connectivity index (χ3v) is 7.39. The highest BCUT2D eigenvalue weighted by atomic mass is 16.2. The van der Waals surface area contributed by atoms with Crippen molar-refractivity contribution in [3.8, 4) is 0 Å². The predicted molar refractivity (Wildman–Crippen MR) is 123 cm³/mol. The summed E-state index contributed by atoms with van der Waals surface area (Å²) in [6.45, 7) is 11.5. The fourth-order valence-electron chi connectivity index (χ4n) is 5.18. The summed E-state index contributed by atoms with van der Waals surface area (Å²) in [7, 11) is 0. The van der Waals surface area contributed by atoms with Crippen LogP contribution in [0.5, 0.6) is 0 Å². The molecule has 0 bridgehead atoms. The van der Waals surface area contributed by atoms with Gasteiger partial charge in [-0.05, 0) is 24.3 Å². The van der Waals surface area contributed by atoms with Crippen molar-refractivity contribution >= 4 is 11.8 Å². The van der Waals surface area contributed by atoms with Crippen molar-refractivity contribution in [2.75, 3.05) is 58.9 Å². The van der Waals surface area contributed by atoms with Gasteiger partial charge in [-0.2, -0.15) is 0 Å². The van der Waals surface area contributed by atoms with Crippen molar-refractivity contribution in [2.24, 2.45) is 5.92 Å². The molecule has 0 spiro atoms. The molecule has 1 saturated carbocycles. The van der Waals surface area contributed by atoms with Gasteiger partial charge in [0, 0.05) is 58.4 Å². The second-order valence-corrected chi connectivity index (χ2v) is 9.74. The Morgan fingerprint density at radius 3 is 2.03 bits per heavy atom. The summed E-state index contributed by atoms with van der Waals surface area (Å²) in [5, 5.41) is 0. The van der Waals surface area contributed by atoms with Gasteiger partial charge in [-0.3, -0.25) is 19.4 Å². The molecule has 3 fully saturated rings. The van der Waals surface area contributed by atoms with Gasteiger partial charge >= 0.3 is 0 Å². The van der Waals surface area contributed by atoms with Crippen LogP contribution in [-0.2, 0) is 9.59 Å². The first-order chi connectivity index (χ1) is 15.0. The number of rotatable bonds is 6. The van der Waals surface area contributed by atoms with Crippen molar-refractivity contribution in [3.63, 3.8) is 0 Å². The number of hydrogen-bond acceptors (Lipinski definition) is 4. The monoisotopic (exact) mass is 426 g/mol. The molecule has 0 N–H and O–H groups in total. The molecule has 6 nitrogen and oxygen atoms in total. The molecule has 31 heavy (non-hydrogen) atoms. The van der Waals surface area contributed by atoms with E-state index in [-0.39, 0.29) is 23.7 Å². The molecule has 1 aliphatic carbocycles. The molecular formula is C25H38N4O2. The standard InChI is InChI=1S/C25H38N4O2/c1-20(2)24(21-7-4-3-5-8-21)25(31)29-13-11-26(12-14-29)19-23(30)28-17-15-27(16-18-28)22-9-6-10-22/h3-5,7-8,20,22,24H,6,9-19H2,1-2H3. The average Bonchev–Trinajstić information content (AvgIpc) is 2.74. The van der Waals surface area contributed by atoms with Gasteiger partial charge in [-0.25, -0.2) is 0 Å². The summed E-state index contributed by atoms with van der Waals surface area (Å²) in [4.78, 5) is 34.9. The quantitative estimate of drug-likeness (QED) is 0.700. The lowest BCUT2D eigenvalue weighted by Crippen LogP contribution is -2.56. The first-order valence-electron chi connectivity index (χ1n) is 12.1.